The number of carbonyl (C=O) groups excluding carboxylic acids is 2. The van der Waals surface area contributed by atoms with Crippen molar-refractivity contribution in [3.63, 3.8) is 0 Å². The van der Waals surface area contributed by atoms with Gasteiger partial charge in [-0.15, -0.1) is 10.2 Å². The Morgan fingerprint density at radius 2 is 1.82 bits per heavy atom. The monoisotopic (exact) mass is 462 g/mol. The van der Waals surface area contributed by atoms with Gasteiger partial charge in [-0.3, -0.25) is 9.59 Å². The van der Waals surface area contributed by atoms with E-state index < -0.39 is 0 Å². The fourth-order valence-corrected chi connectivity index (χ4v) is 3.64. The number of nitrogens with one attached hydrogen (secondary N) is 2. The zero-order valence-electron chi connectivity index (χ0n) is 18.1. The van der Waals surface area contributed by atoms with Crippen LogP contribution in [0.3, 0.4) is 0 Å². The van der Waals surface area contributed by atoms with E-state index in [1.807, 2.05) is 50.2 Å². The van der Waals surface area contributed by atoms with Crippen LogP contribution < -0.4 is 15.4 Å². The van der Waals surface area contributed by atoms with Gasteiger partial charge in [-0.1, -0.05) is 23.5 Å². The summed E-state index contributed by atoms with van der Waals surface area (Å²) in [6.07, 6.45) is 0. The fourth-order valence-electron chi connectivity index (χ4n) is 2.99. The van der Waals surface area contributed by atoms with E-state index in [1.54, 1.807) is 24.3 Å². The summed E-state index contributed by atoms with van der Waals surface area (Å²) in [7, 11) is 0. The zero-order chi connectivity index (χ0) is 23.2. The van der Waals surface area contributed by atoms with Crippen LogP contribution in [0.25, 0.3) is 0 Å². The molecule has 0 saturated carbocycles. The number of amides is 2. The third-order valence-electron chi connectivity index (χ3n) is 4.64. The van der Waals surface area contributed by atoms with Crippen molar-refractivity contribution >= 4 is 28.8 Å². The summed E-state index contributed by atoms with van der Waals surface area (Å²) in [6.45, 7) is 4.37. The normalized spacial score (nSPS) is 10.6. The number of furan rings is 1. The molecular formula is C24H22N4O4S. The molecule has 4 rings (SSSR count). The molecule has 0 radical (unpaired) electrons. The van der Waals surface area contributed by atoms with Crippen LogP contribution in [0, 0.1) is 13.8 Å². The number of carbonyl (C=O) groups is 2. The van der Waals surface area contributed by atoms with E-state index in [1.165, 1.54) is 11.3 Å². The lowest BCUT2D eigenvalue weighted by Crippen LogP contribution is -2.22. The molecule has 0 fully saturated rings. The number of anilines is 1. The van der Waals surface area contributed by atoms with Crippen LogP contribution in [-0.2, 0) is 13.2 Å². The first kappa shape index (κ1) is 22.2. The van der Waals surface area contributed by atoms with Crippen LogP contribution in [-0.4, -0.2) is 22.0 Å². The van der Waals surface area contributed by atoms with Crippen LogP contribution in [0.15, 0.2) is 65.1 Å². The molecule has 0 spiro atoms. The van der Waals surface area contributed by atoms with Gasteiger partial charge >= 0.3 is 0 Å². The number of benzene rings is 2. The predicted molar refractivity (Wildman–Crippen MR) is 124 cm³/mol. The average molecular weight is 463 g/mol. The molecular weight excluding hydrogens is 440 g/mol. The first-order valence-corrected chi connectivity index (χ1v) is 11.0. The van der Waals surface area contributed by atoms with Gasteiger partial charge in [0, 0.05) is 11.3 Å². The second-order valence-corrected chi connectivity index (χ2v) is 8.39. The number of nitrogens with zero attached hydrogens (tertiary/aromatic N) is 2. The van der Waals surface area contributed by atoms with Gasteiger partial charge < -0.3 is 19.8 Å². The molecule has 0 unspecified atom stereocenters. The Bertz CT molecular complexity index is 1260. The molecule has 2 amide bonds. The first-order valence-electron chi connectivity index (χ1n) is 10.2. The molecule has 2 N–H and O–H groups in total. The minimum Gasteiger partial charge on any atom is -0.486 e. The summed E-state index contributed by atoms with van der Waals surface area (Å²) >= 11 is 1.17. The topological polar surface area (TPSA) is 106 Å². The highest BCUT2D eigenvalue weighted by molar-refractivity contribution is 7.13. The number of ether oxygens (including phenoxy) is 1. The van der Waals surface area contributed by atoms with Crippen molar-refractivity contribution in [2.75, 3.05) is 5.32 Å². The number of aryl methyl sites for hydroxylation is 2. The lowest BCUT2D eigenvalue weighted by atomic mass is 10.2. The van der Waals surface area contributed by atoms with E-state index in [2.05, 4.69) is 20.8 Å². The lowest BCUT2D eigenvalue weighted by Gasteiger charge is -2.06. The summed E-state index contributed by atoms with van der Waals surface area (Å²) in [4.78, 5) is 24.8. The van der Waals surface area contributed by atoms with Gasteiger partial charge in [0.1, 0.15) is 23.9 Å². The van der Waals surface area contributed by atoms with Crippen LogP contribution in [0.5, 0.6) is 5.75 Å². The Kier molecular flexibility index (Phi) is 6.80. The van der Waals surface area contributed by atoms with E-state index in [9.17, 15) is 9.59 Å². The quantitative estimate of drug-likeness (QED) is 0.399. The highest BCUT2D eigenvalue weighted by atomic mass is 32.1. The first-order chi connectivity index (χ1) is 16.0. The predicted octanol–water partition coefficient (Wildman–Crippen LogP) is 4.51. The molecule has 2 aromatic heterocycles. The van der Waals surface area contributed by atoms with Gasteiger partial charge in [0.15, 0.2) is 5.01 Å². The maximum Gasteiger partial charge on any atom is 0.286 e. The highest BCUT2D eigenvalue weighted by Gasteiger charge is 2.14. The number of hydrogen-bond donors (Lipinski definition) is 2. The molecule has 33 heavy (non-hydrogen) atoms. The lowest BCUT2D eigenvalue weighted by molar-refractivity contribution is 0.0947. The van der Waals surface area contributed by atoms with Crippen LogP contribution in [0.2, 0.25) is 0 Å². The van der Waals surface area contributed by atoms with E-state index in [0.29, 0.717) is 28.6 Å². The van der Waals surface area contributed by atoms with Gasteiger partial charge in [0.25, 0.3) is 11.8 Å². The number of rotatable bonds is 8. The Hall–Kier alpha value is -3.98. The maximum atomic E-state index is 12.5. The van der Waals surface area contributed by atoms with Gasteiger partial charge in [0.05, 0.1) is 6.54 Å². The highest BCUT2D eigenvalue weighted by Crippen LogP contribution is 2.18. The molecule has 2 aromatic carbocycles. The van der Waals surface area contributed by atoms with Gasteiger partial charge in [0.2, 0.25) is 5.01 Å². The number of aromatic nitrogens is 2. The molecule has 4 aromatic rings. The molecule has 0 aliphatic heterocycles. The van der Waals surface area contributed by atoms with E-state index in [-0.39, 0.29) is 23.4 Å². The fraction of sp³-hybridized carbons (Fsp3) is 0.167. The summed E-state index contributed by atoms with van der Waals surface area (Å²) in [5.74, 6) is 1.61. The average Bonchev–Trinajstić information content (AvgIpc) is 3.46. The molecule has 9 heteroatoms. The van der Waals surface area contributed by atoms with Crippen LogP contribution in [0.1, 0.15) is 42.3 Å². The SMILES string of the molecule is Cc1cccc(OCc2nnc(C(=O)Nc3ccc(C(=O)NCc4ccc(C)o4)cc3)s2)c1. The molecule has 0 aliphatic carbocycles. The molecule has 168 valence electrons. The van der Waals surface area contributed by atoms with E-state index >= 15 is 0 Å². The largest absolute Gasteiger partial charge is 0.486 e. The van der Waals surface area contributed by atoms with Crippen molar-refractivity contribution in [3.8, 4) is 5.75 Å². The molecule has 8 nitrogen and oxygen atoms in total. The number of hydrogen-bond acceptors (Lipinski definition) is 7. The summed E-state index contributed by atoms with van der Waals surface area (Å²) < 4.78 is 11.1. The molecule has 0 saturated heterocycles. The van der Waals surface area contributed by atoms with Crippen molar-refractivity contribution in [1.29, 1.82) is 0 Å². The third kappa shape index (κ3) is 6.05. The van der Waals surface area contributed by atoms with Crippen molar-refractivity contribution in [2.45, 2.75) is 27.0 Å². The van der Waals surface area contributed by atoms with Crippen LogP contribution in [0.4, 0.5) is 5.69 Å². The molecule has 0 atom stereocenters. The Balaban J connectivity index is 1.29. The third-order valence-corrected chi connectivity index (χ3v) is 5.53. The minimum atomic E-state index is -0.375. The second kappa shape index (κ2) is 10.1. The van der Waals surface area contributed by atoms with Gasteiger partial charge in [-0.2, -0.15) is 0 Å². The van der Waals surface area contributed by atoms with Crippen molar-refractivity contribution in [3.05, 3.63) is 93.3 Å². The Morgan fingerprint density at radius 3 is 2.55 bits per heavy atom. The van der Waals surface area contributed by atoms with Gasteiger partial charge in [-0.05, 0) is 67.9 Å². The van der Waals surface area contributed by atoms with Crippen LogP contribution >= 0.6 is 11.3 Å². The van der Waals surface area contributed by atoms with E-state index in [4.69, 9.17) is 9.15 Å². The second-order valence-electron chi connectivity index (χ2n) is 7.33. The van der Waals surface area contributed by atoms with Crippen molar-refractivity contribution < 1.29 is 18.7 Å². The molecule has 0 bridgehead atoms. The maximum absolute atomic E-state index is 12.5. The standard InChI is InChI=1S/C24H22N4O4S/c1-15-4-3-5-19(12-15)31-14-21-27-28-24(33-21)23(30)26-18-9-7-17(8-10-18)22(29)25-13-20-11-6-16(2)32-20/h3-12H,13-14H2,1-2H3,(H,25,29)(H,26,30). The van der Waals surface area contributed by atoms with Crippen molar-refractivity contribution in [1.82, 2.24) is 15.5 Å². The Morgan fingerprint density at radius 1 is 1.00 bits per heavy atom. The van der Waals surface area contributed by atoms with Gasteiger partial charge in [-0.25, -0.2) is 0 Å². The molecule has 0 aliphatic rings. The smallest absolute Gasteiger partial charge is 0.286 e. The summed E-state index contributed by atoms with van der Waals surface area (Å²) in [5, 5.41) is 14.4. The zero-order valence-corrected chi connectivity index (χ0v) is 18.9. The Labute approximate surface area is 194 Å². The molecule has 2 heterocycles. The summed E-state index contributed by atoms with van der Waals surface area (Å²) in [6, 6.07) is 18.0. The van der Waals surface area contributed by atoms with Crippen molar-refractivity contribution in [2.24, 2.45) is 0 Å². The minimum absolute atomic E-state index is 0.230. The van der Waals surface area contributed by atoms with E-state index in [0.717, 1.165) is 17.1 Å². The summed E-state index contributed by atoms with van der Waals surface area (Å²) in [5.41, 5.74) is 2.12.